The zero-order valence-electron chi connectivity index (χ0n) is 16.6. The second kappa shape index (κ2) is 11.8. The molecular weight excluding hydrogens is 484 g/mol. The topological polar surface area (TPSA) is 48.9 Å². The number of alkyl halides is 3. The van der Waals surface area contributed by atoms with Crippen LogP contribution in [0.15, 0.2) is 29.3 Å². The average molecular weight is 514 g/mol. The van der Waals surface area contributed by atoms with E-state index in [-0.39, 0.29) is 36.1 Å². The largest absolute Gasteiger partial charge is 0.416 e. The van der Waals surface area contributed by atoms with Gasteiger partial charge >= 0.3 is 6.18 Å². The summed E-state index contributed by atoms with van der Waals surface area (Å²) in [5.74, 6) is 0.689. The van der Waals surface area contributed by atoms with Crippen LogP contribution in [-0.2, 0) is 10.9 Å². The summed E-state index contributed by atoms with van der Waals surface area (Å²) >= 11 is 0. The molecule has 28 heavy (non-hydrogen) atoms. The summed E-state index contributed by atoms with van der Waals surface area (Å²) in [7, 11) is 1.71. The van der Waals surface area contributed by atoms with Crippen molar-refractivity contribution >= 4 is 29.9 Å². The van der Waals surface area contributed by atoms with Gasteiger partial charge in [0.1, 0.15) is 0 Å². The highest BCUT2D eigenvalue weighted by Crippen LogP contribution is 2.31. The molecule has 160 valence electrons. The van der Waals surface area contributed by atoms with E-state index in [0.29, 0.717) is 25.7 Å². The minimum absolute atomic E-state index is 0. The number of hydrogen-bond donors (Lipinski definition) is 2. The molecule has 0 bridgehead atoms. The van der Waals surface area contributed by atoms with Gasteiger partial charge in [0.25, 0.3) is 0 Å². The van der Waals surface area contributed by atoms with Gasteiger partial charge in [-0.25, -0.2) is 0 Å². The Morgan fingerprint density at radius 2 is 1.82 bits per heavy atom. The second-order valence-corrected chi connectivity index (χ2v) is 6.69. The SMILES string of the molecule is CCC(C)NC(=NC)NCC(c1ccc(C(F)(F)F)cc1)N1CCOCC1.I. The van der Waals surface area contributed by atoms with E-state index < -0.39 is 11.7 Å². The monoisotopic (exact) mass is 514 g/mol. The third kappa shape index (κ3) is 7.40. The molecule has 1 fully saturated rings. The average Bonchev–Trinajstić information content (AvgIpc) is 2.67. The number of ether oxygens (including phenoxy) is 1. The second-order valence-electron chi connectivity index (χ2n) is 6.69. The molecule has 1 saturated heterocycles. The van der Waals surface area contributed by atoms with Gasteiger partial charge in [0, 0.05) is 32.7 Å². The van der Waals surface area contributed by atoms with Gasteiger partial charge in [-0.3, -0.25) is 9.89 Å². The van der Waals surface area contributed by atoms with Crippen molar-refractivity contribution in [2.45, 2.75) is 38.5 Å². The van der Waals surface area contributed by atoms with Gasteiger partial charge in [0.2, 0.25) is 0 Å². The minimum Gasteiger partial charge on any atom is -0.379 e. The molecule has 1 heterocycles. The zero-order valence-corrected chi connectivity index (χ0v) is 18.9. The van der Waals surface area contributed by atoms with Gasteiger partial charge in [0.05, 0.1) is 24.8 Å². The normalized spacial score (nSPS) is 18.1. The summed E-state index contributed by atoms with van der Waals surface area (Å²) in [6, 6.07) is 5.64. The van der Waals surface area contributed by atoms with Crippen molar-refractivity contribution in [1.82, 2.24) is 15.5 Å². The predicted molar refractivity (Wildman–Crippen MR) is 116 cm³/mol. The molecule has 2 unspecified atom stereocenters. The third-order valence-electron chi connectivity index (χ3n) is 4.79. The standard InChI is InChI=1S/C19H29F3N4O.HI/c1-4-14(2)25-18(23-3)24-13-17(26-9-11-27-12-10-26)15-5-7-16(8-6-15)19(20,21)22;/h5-8,14,17H,4,9-13H2,1-3H3,(H2,23,24,25);1H. The number of rotatable bonds is 6. The first kappa shape index (κ1) is 25.0. The first-order chi connectivity index (χ1) is 12.8. The van der Waals surface area contributed by atoms with Gasteiger partial charge in [-0.05, 0) is 31.0 Å². The van der Waals surface area contributed by atoms with Crippen LogP contribution in [0.25, 0.3) is 0 Å². The lowest BCUT2D eigenvalue weighted by Gasteiger charge is -2.35. The molecule has 5 nitrogen and oxygen atoms in total. The summed E-state index contributed by atoms with van der Waals surface area (Å²) in [5.41, 5.74) is 0.213. The quantitative estimate of drug-likeness (QED) is 0.346. The molecule has 9 heteroatoms. The van der Waals surface area contributed by atoms with Gasteiger partial charge in [-0.1, -0.05) is 19.1 Å². The minimum atomic E-state index is -4.33. The van der Waals surface area contributed by atoms with Gasteiger partial charge in [-0.2, -0.15) is 13.2 Å². The fourth-order valence-electron chi connectivity index (χ4n) is 2.96. The van der Waals surface area contributed by atoms with Crippen LogP contribution >= 0.6 is 24.0 Å². The Balaban J connectivity index is 0.00000392. The molecule has 0 amide bonds. The summed E-state index contributed by atoms with van der Waals surface area (Å²) in [6.45, 7) is 7.43. The highest BCUT2D eigenvalue weighted by atomic mass is 127. The summed E-state index contributed by atoms with van der Waals surface area (Å²) in [4.78, 5) is 6.47. The number of nitrogens with zero attached hydrogens (tertiary/aromatic N) is 2. The van der Waals surface area contributed by atoms with E-state index in [1.165, 1.54) is 0 Å². The van der Waals surface area contributed by atoms with Gasteiger partial charge in [0.15, 0.2) is 5.96 Å². The van der Waals surface area contributed by atoms with Crippen LogP contribution in [0.5, 0.6) is 0 Å². The summed E-state index contributed by atoms with van der Waals surface area (Å²) in [5, 5.41) is 6.61. The molecule has 2 N–H and O–H groups in total. The van der Waals surface area contributed by atoms with Crippen molar-refractivity contribution < 1.29 is 17.9 Å². The van der Waals surface area contributed by atoms with Crippen LogP contribution in [0.1, 0.15) is 37.4 Å². The first-order valence-electron chi connectivity index (χ1n) is 9.31. The number of morpholine rings is 1. The van der Waals surface area contributed by atoms with Crippen LogP contribution in [0, 0.1) is 0 Å². The van der Waals surface area contributed by atoms with Crippen molar-refractivity contribution in [3.63, 3.8) is 0 Å². The molecule has 1 aliphatic rings. The number of hydrogen-bond acceptors (Lipinski definition) is 3. The predicted octanol–water partition coefficient (Wildman–Crippen LogP) is 3.66. The Morgan fingerprint density at radius 1 is 1.21 bits per heavy atom. The molecule has 1 aromatic rings. The van der Waals surface area contributed by atoms with Crippen LogP contribution < -0.4 is 10.6 Å². The molecule has 1 aliphatic heterocycles. The molecule has 0 radical (unpaired) electrons. The van der Waals surface area contributed by atoms with E-state index in [9.17, 15) is 13.2 Å². The van der Waals surface area contributed by atoms with E-state index >= 15 is 0 Å². The van der Waals surface area contributed by atoms with Gasteiger partial charge < -0.3 is 15.4 Å². The third-order valence-corrected chi connectivity index (χ3v) is 4.79. The number of guanidine groups is 1. The molecule has 2 atom stereocenters. The Kier molecular flexibility index (Phi) is 10.5. The molecule has 1 aromatic carbocycles. The van der Waals surface area contributed by atoms with E-state index in [0.717, 1.165) is 37.2 Å². The van der Waals surface area contributed by atoms with Crippen molar-refractivity contribution in [3.8, 4) is 0 Å². The fourth-order valence-corrected chi connectivity index (χ4v) is 2.96. The Bertz CT molecular complexity index is 604. The maximum Gasteiger partial charge on any atom is 0.416 e. The summed E-state index contributed by atoms with van der Waals surface area (Å²) < 4.78 is 44.0. The highest BCUT2D eigenvalue weighted by Gasteiger charge is 2.31. The van der Waals surface area contributed by atoms with Crippen LogP contribution in [0.3, 0.4) is 0 Å². The number of benzene rings is 1. The van der Waals surface area contributed by atoms with Crippen molar-refractivity contribution in [2.75, 3.05) is 39.9 Å². The maximum absolute atomic E-state index is 12.9. The van der Waals surface area contributed by atoms with Crippen LogP contribution in [0.4, 0.5) is 13.2 Å². The first-order valence-corrected chi connectivity index (χ1v) is 9.31. The molecule has 0 spiro atoms. The van der Waals surface area contributed by atoms with E-state index in [1.807, 2.05) is 0 Å². The Labute approximate surface area is 182 Å². The molecule has 2 rings (SSSR count). The molecule has 0 saturated carbocycles. The smallest absolute Gasteiger partial charge is 0.379 e. The van der Waals surface area contributed by atoms with Crippen LogP contribution in [0.2, 0.25) is 0 Å². The highest BCUT2D eigenvalue weighted by molar-refractivity contribution is 14.0. The molecule has 0 aromatic heterocycles. The number of aliphatic imine (C=N–C) groups is 1. The Morgan fingerprint density at radius 3 is 2.32 bits per heavy atom. The van der Waals surface area contributed by atoms with Crippen molar-refractivity contribution in [3.05, 3.63) is 35.4 Å². The fraction of sp³-hybridized carbons (Fsp3) is 0.632. The number of halogens is 4. The lowest BCUT2D eigenvalue weighted by Crippen LogP contribution is -2.47. The van der Waals surface area contributed by atoms with E-state index in [2.05, 4.69) is 34.4 Å². The van der Waals surface area contributed by atoms with E-state index in [4.69, 9.17) is 4.74 Å². The zero-order chi connectivity index (χ0) is 19.9. The lowest BCUT2D eigenvalue weighted by molar-refractivity contribution is -0.137. The van der Waals surface area contributed by atoms with Crippen molar-refractivity contribution in [1.29, 1.82) is 0 Å². The number of nitrogens with one attached hydrogen (secondary N) is 2. The molecule has 0 aliphatic carbocycles. The van der Waals surface area contributed by atoms with Gasteiger partial charge in [-0.15, -0.1) is 24.0 Å². The van der Waals surface area contributed by atoms with Crippen molar-refractivity contribution in [2.24, 2.45) is 4.99 Å². The maximum atomic E-state index is 12.9. The lowest BCUT2D eigenvalue weighted by atomic mass is 10.0. The summed E-state index contributed by atoms with van der Waals surface area (Å²) in [6.07, 6.45) is -3.36. The Hall–Kier alpha value is -1.07. The van der Waals surface area contributed by atoms with E-state index in [1.54, 1.807) is 19.2 Å². The van der Waals surface area contributed by atoms with Crippen LogP contribution in [-0.4, -0.2) is 56.8 Å². The molecular formula is C19H30F3IN4O.